The lowest BCUT2D eigenvalue weighted by Gasteiger charge is -2.15. The molecule has 102 valence electrons. The standard InChI is InChI=1S/C12H13NO6/c1-17-8-3-4-10(9(7-8)13(15)16)19-12(5-6-12)11(14)18-2/h3-4,7H,5-6H2,1-2H3. The molecule has 0 saturated heterocycles. The minimum Gasteiger partial charge on any atom is -0.496 e. The fourth-order valence-electron chi connectivity index (χ4n) is 1.71. The van der Waals surface area contributed by atoms with Crippen molar-refractivity contribution in [3.05, 3.63) is 28.3 Å². The second-order valence-corrected chi connectivity index (χ2v) is 4.18. The van der Waals surface area contributed by atoms with Gasteiger partial charge >= 0.3 is 11.7 Å². The van der Waals surface area contributed by atoms with Crippen LogP contribution in [0.25, 0.3) is 0 Å². The lowest BCUT2D eigenvalue weighted by molar-refractivity contribution is -0.386. The highest BCUT2D eigenvalue weighted by molar-refractivity contribution is 5.83. The molecule has 1 saturated carbocycles. The summed E-state index contributed by atoms with van der Waals surface area (Å²) in [4.78, 5) is 22.0. The summed E-state index contributed by atoms with van der Waals surface area (Å²) in [6.07, 6.45) is 0.978. The quantitative estimate of drug-likeness (QED) is 0.458. The van der Waals surface area contributed by atoms with E-state index in [1.807, 2.05) is 0 Å². The molecule has 19 heavy (non-hydrogen) atoms. The molecule has 1 aromatic rings. The van der Waals surface area contributed by atoms with Crippen LogP contribution >= 0.6 is 0 Å². The summed E-state index contributed by atoms with van der Waals surface area (Å²) in [5.41, 5.74) is -1.32. The van der Waals surface area contributed by atoms with Crippen LogP contribution in [0.2, 0.25) is 0 Å². The first-order valence-corrected chi connectivity index (χ1v) is 5.62. The predicted molar refractivity (Wildman–Crippen MR) is 64.3 cm³/mol. The van der Waals surface area contributed by atoms with Gasteiger partial charge in [-0.3, -0.25) is 10.1 Å². The SMILES string of the molecule is COC(=O)C1(Oc2ccc(OC)cc2[N+](=O)[O-])CC1. The number of methoxy groups -OCH3 is 2. The number of ether oxygens (including phenoxy) is 3. The number of hydrogen-bond acceptors (Lipinski definition) is 6. The predicted octanol–water partition coefficient (Wildman–Crippen LogP) is 1.69. The molecule has 0 amide bonds. The Hall–Kier alpha value is -2.31. The smallest absolute Gasteiger partial charge is 0.350 e. The Morgan fingerprint density at radius 1 is 1.37 bits per heavy atom. The summed E-state index contributed by atoms with van der Waals surface area (Å²) >= 11 is 0. The zero-order valence-corrected chi connectivity index (χ0v) is 10.5. The third-order valence-electron chi connectivity index (χ3n) is 2.93. The first-order chi connectivity index (χ1) is 9.02. The first-order valence-electron chi connectivity index (χ1n) is 5.62. The second kappa shape index (κ2) is 4.75. The Morgan fingerprint density at radius 3 is 2.53 bits per heavy atom. The summed E-state index contributed by atoms with van der Waals surface area (Å²) < 4.78 is 15.0. The maximum Gasteiger partial charge on any atom is 0.350 e. The molecule has 0 spiro atoms. The third-order valence-corrected chi connectivity index (χ3v) is 2.93. The van der Waals surface area contributed by atoms with Crippen LogP contribution < -0.4 is 9.47 Å². The topological polar surface area (TPSA) is 87.9 Å². The maximum atomic E-state index is 11.6. The van der Waals surface area contributed by atoms with Crippen LogP contribution in [0.3, 0.4) is 0 Å². The van der Waals surface area contributed by atoms with Crippen LogP contribution in [0.4, 0.5) is 5.69 Å². The van der Waals surface area contributed by atoms with Crippen molar-refractivity contribution in [2.45, 2.75) is 18.4 Å². The van der Waals surface area contributed by atoms with Crippen LogP contribution in [0, 0.1) is 10.1 Å². The van der Waals surface area contributed by atoms with E-state index in [2.05, 4.69) is 4.74 Å². The molecule has 0 radical (unpaired) electrons. The van der Waals surface area contributed by atoms with Crippen molar-refractivity contribution in [1.82, 2.24) is 0 Å². The van der Waals surface area contributed by atoms with Crippen LogP contribution in [0.1, 0.15) is 12.8 Å². The number of esters is 1. The molecule has 0 atom stereocenters. The maximum absolute atomic E-state index is 11.6. The molecule has 1 aliphatic carbocycles. The fourth-order valence-corrected chi connectivity index (χ4v) is 1.71. The van der Waals surface area contributed by atoms with Gasteiger partial charge in [-0.25, -0.2) is 4.79 Å². The fraction of sp³-hybridized carbons (Fsp3) is 0.417. The first kappa shape index (κ1) is 13.1. The van der Waals surface area contributed by atoms with Gasteiger partial charge in [0.2, 0.25) is 5.60 Å². The average Bonchev–Trinajstić information content (AvgIpc) is 3.19. The zero-order chi connectivity index (χ0) is 14.0. The van der Waals surface area contributed by atoms with Crippen molar-refractivity contribution in [3.63, 3.8) is 0 Å². The van der Waals surface area contributed by atoms with Gasteiger partial charge in [-0.1, -0.05) is 0 Å². The Balaban J connectivity index is 2.30. The van der Waals surface area contributed by atoms with Gasteiger partial charge in [0.1, 0.15) is 5.75 Å². The largest absolute Gasteiger partial charge is 0.496 e. The summed E-state index contributed by atoms with van der Waals surface area (Å²) in [6, 6.07) is 4.21. The highest BCUT2D eigenvalue weighted by atomic mass is 16.6. The summed E-state index contributed by atoms with van der Waals surface area (Å²) in [6.45, 7) is 0. The molecule has 7 heteroatoms. The molecule has 0 bridgehead atoms. The molecule has 7 nitrogen and oxygen atoms in total. The normalized spacial score (nSPS) is 15.5. The van der Waals surface area contributed by atoms with Crippen LogP contribution in [0.15, 0.2) is 18.2 Å². The van der Waals surface area contributed by atoms with E-state index in [-0.39, 0.29) is 11.4 Å². The molecule has 1 aromatic carbocycles. The van der Waals surface area contributed by atoms with Crippen molar-refractivity contribution in [2.24, 2.45) is 0 Å². The second-order valence-electron chi connectivity index (χ2n) is 4.18. The Bertz CT molecular complexity index is 523. The van der Waals surface area contributed by atoms with Crippen molar-refractivity contribution in [2.75, 3.05) is 14.2 Å². The van der Waals surface area contributed by atoms with Crippen molar-refractivity contribution in [3.8, 4) is 11.5 Å². The van der Waals surface area contributed by atoms with Gasteiger partial charge in [0.15, 0.2) is 5.75 Å². The average molecular weight is 267 g/mol. The highest BCUT2D eigenvalue weighted by Crippen LogP contribution is 2.44. The lowest BCUT2D eigenvalue weighted by atomic mass is 10.2. The van der Waals surface area contributed by atoms with E-state index in [1.165, 1.54) is 32.4 Å². The van der Waals surface area contributed by atoms with E-state index >= 15 is 0 Å². The van der Waals surface area contributed by atoms with Gasteiger partial charge in [-0.15, -0.1) is 0 Å². The number of nitro benzene ring substituents is 1. The van der Waals surface area contributed by atoms with Gasteiger partial charge in [0.05, 0.1) is 25.2 Å². The van der Waals surface area contributed by atoms with E-state index in [0.29, 0.717) is 18.6 Å². The van der Waals surface area contributed by atoms with Crippen LogP contribution in [0.5, 0.6) is 11.5 Å². The van der Waals surface area contributed by atoms with E-state index in [0.717, 1.165) is 0 Å². The lowest BCUT2D eigenvalue weighted by Crippen LogP contribution is -2.30. The summed E-state index contributed by atoms with van der Waals surface area (Å²) in [5, 5.41) is 11.0. The number of nitrogens with zero attached hydrogens (tertiary/aromatic N) is 1. The van der Waals surface area contributed by atoms with Gasteiger partial charge < -0.3 is 14.2 Å². The molecule has 0 N–H and O–H groups in total. The number of rotatable bonds is 5. The molecule has 0 aromatic heterocycles. The molecule has 0 heterocycles. The van der Waals surface area contributed by atoms with Crippen LogP contribution in [-0.4, -0.2) is 30.7 Å². The molecule has 2 rings (SSSR count). The Kier molecular flexibility index (Phi) is 3.28. The van der Waals surface area contributed by atoms with Gasteiger partial charge in [0, 0.05) is 12.8 Å². The van der Waals surface area contributed by atoms with Crippen LogP contribution in [-0.2, 0) is 9.53 Å². The minimum atomic E-state index is -1.08. The van der Waals surface area contributed by atoms with E-state index in [9.17, 15) is 14.9 Å². The third kappa shape index (κ3) is 2.44. The zero-order valence-electron chi connectivity index (χ0n) is 10.5. The van der Waals surface area contributed by atoms with Gasteiger partial charge in [-0.05, 0) is 12.1 Å². The summed E-state index contributed by atoms with van der Waals surface area (Å²) in [7, 11) is 2.67. The number of carbonyl (C=O) groups excluding carboxylic acids is 1. The van der Waals surface area contributed by atoms with Crippen molar-refractivity contribution in [1.29, 1.82) is 0 Å². The molecular formula is C12H13NO6. The van der Waals surface area contributed by atoms with Crippen molar-refractivity contribution >= 4 is 11.7 Å². The Labute approximate surface area is 109 Å². The summed E-state index contributed by atoms with van der Waals surface area (Å²) in [5.74, 6) is -0.131. The monoisotopic (exact) mass is 267 g/mol. The van der Waals surface area contributed by atoms with Gasteiger partial charge in [0.25, 0.3) is 0 Å². The molecule has 1 aliphatic rings. The molecule has 1 fully saturated rings. The Morgan fingerprint density at radius 2 is 2.05 bits per heavy atom. The number of carbonyl (C=O) groups is 1. The number of nitro groups is 1. The van der Waals surface area contributed by atoms with E-state index < -0.39 is 16.5 Å². The minimum absolute atomic E-state index is 0.0358. The molecular weight excluding hydrogens is 254 g/mol. The number of hydrogen-bond donors (Lipinski definition) is 0. The van der Waals surface area contributed by atoms with E-state index in [1.54, 1.807) is 0 Å². The molecule has 0 unspecified atom stereocenters. The van der Waals surface area contributed by atoms with Gasteiger partial charge in [-0.2, -0.15) is 0 Å². The van der Waals surface area contributed by atoms with Crippen molar-refractivity contribution < 1.29 is 23.9 Å². The number of benzene rings is 1. The molecule has 0 aliphatic heterocycles. The van der Waals surface area contributed by atoms with E-state index in [4.69, 9.17) is 9.47 Å². The highest BCUT2D eigenvalue weighted by Gasteiger charge is 2.55.